The van der Waals surface area contributed by atoms with Crippen LogP contribution in [0.4, 0.5) is 17.3 Å². The van der Waals surface area contributed by atoms with Gasteiger partial charge in [0.1, 0.15) is 29.8 Å². The minimum Gasteiger partial charge on any atom is -0.489 e. The highest BCUT2D eigenvalue weighted by atomic mass is 16.5. The third kappa shape index (κ3) is 5.08. The normalized spacial score (nSPS) is 10.2. The van der Waals surface area contributed by atoms with Crippen LogP contribution in [-0.4, -0.2) is 16.5 Å². The zero-order valence-electron chi connectivity index (χ0n) is 14.8. The summed E-state index contributed by atoms with van der Waals surface area (Å²) in [7, 11) is 0. The van der Waals surface area contributed by atoms with Gasteiger partial charge in [0.15, 0.2) is 0 Å². The molecule has 1 heterocycles. The Bertz CT molecular complexity index is 848. The van der Waals surface area contributed by atoms with Crippen LogP contribution in [0.2, 0.25) is 0 Å². The van der Waals surface area contributed by atoms with Crippen molar-refractivity contribution in [2.75, 3.05) is 17.2 Å². The van der Waals surface area contributed by atoms with Gasteiger partial charge in [-0.05, 0) is 36.8 Å². The highest BCUT2D eigenvalue weighted by Crippen LogP contribution is 2.21. The highest BCUT2D eigenvalue weighted by molar-refractivity contribution is 5.60. The number of anilines is 3. The fourth-order valence-corrected chi connectivity index (χ4v) is 2.42. The molecule has 0 aliphatic carbocycles. The van der Waals surface area contributed by atoms with E-state index in [0.29, 0.717) is 19.0 Å². The van der Waals surface area contributed by atoms with Crippen LogP contribution >= 0.6 is 0 Å². The minimum atomic E-state index is 0.553. The van der Waals surface area contributed by atoms with Gasteiger partial charge < -0.3 is 15.4 Å². The van der Waals surface area contributed by atoms with Crippen molar-refractivity contribution < 1.29 is 4.74 Å². The summed E-state index contributed by atoms with van der Waals surface area (Å²) in [6.45, 7) is 6.77. The van der Waals surface area contributed by atoms with E-state index in [4.69, 9.17) is 4.74 Å². The summed E-state index contributed by atoms with van der Waals surface area (Å²) < 4.78 is 5.81. The van der Waals surface area contributed by atoms with E-state index in [1.54, 1.807) is 6.08 Å². The Morgan fingerprint density at radius 2 is 1.73 bits per heavy atom. The topological polar surface area (TPSA) is 59.1 Å². The van der Waals surface area contributed by atoms with E-state index in [0.717, 1.165) is 28.6 Å². The first-order valence-electron chi connectivity index (χ1n) is 8.47. The Balaban J connectivity index is 1.62. The number of aryl methyl sites for hydroxylation is 1. The maximum absolute atomic E-state index is 5.81. The molecule has 0 saturated heterocycles. The van der Waals surface area contributed by atoms with E-state index in [1.807, 2.05) is 67.6 Å². The number of nitrogens with one attached hydrogen (secondary N) is 2. The number of ether oxygens (including phenoxy) is 1. The highest BCUT2D eigenvalue weighted by Gasteiger charge is 2.03. The predicted molar refractivity (Wildman–Crippen MR) is 106 cm³/mol. The van der Waals surface area contributed by atoms with Gasteiger partial charge in [-0.1, -0.05) is 36.4 Å². The van der Waals surface area contributed by atoms with E-state index in [2.05, 4.69) is 27.2 Å². The van der Waals surface area contributed by atoms with E-state index < -0.39 is 0 Å². The minimum absolute atomic E-state index is 0.553. The van der Waals surface area contributed by atoms with Crippen molar-refractivity contribution in [3.8, 4) is 5.75 Å². The number of rotatable bonds is 8. The van der Waals surface area contributed by atoms with Crippen LogP contribution in [0.1, 0.15) is 11.4 Å². The van der Waals surface area contributed by atoms with Crippen molar-refractivity contribution in [1.29, 1.82) is 0 Å². The van der Waals surface area contributed by atoms with Gasteiger partial charge in [-0.15, -0.1) is 6.58 Å². The first kappa shape index (κ1) is 17.5. The van der Waals surface area contributed by atoms with Gasteiger partial charge in [-0.2, -0.15) is 0 Å². The molecule has 0 saturated carbocycles. The average molecular weight is 346 g/mol. The molecule has 0 atom stereocenters. The third-order valence-electron chi connectivity index (χ3n) is 3.64. The van der Waals surface area contributed by atoms with E-state index >= 15 is 0 Å². The van der Waals surface area contributed by atoms with Crippen molar-refractivity contribution in [3.05, 3.63) is 84.7 Å². The summed E-state index contributed by atoms with van der Waals surface area (Å²) in [5.41, 5.74) is 2.08. The maximum Gasteiger partial charge on any atom is 0.136 e. The van der Waals surface area contributed by atoms with Gasteiger partial charge in [0.25, 0.3) is 0 Å². The molecule has 1 aromatic heterocycles. The summed E-state index contributed by atoms with van der Waals surface area (Å²) in [4.78, 5) is 8.77. The molecule has 26 heavy (non-hydrogen) atoms. The second kappa shape index (κ2) is 8.67. The zero-order chi connectivity index (χ0) is 18.2. The summed E-state index contributed by atoms with van der Waals surface area (Å²) in [6.07, 6.45) is 1.79. The van der Waals surface area contributed by atoms with Crippen LogP contribution in [-0.2, 0) is 6.61 Å². The van der Waals surface area contributed by atoms with Crippen molar-refractivity contribution >= 4 is 17.3 Å². The van der Waals surface area contributed by atoms with Crippen LogP contribution < -0.4 is 15.4 Å². The molecule has 0 unspecified atom stereocenters. The molecule has 3 rings (SSSR count). The molecule has 3 aromatic rings. The summed E-state index contributed by atoms with van der Waals surface area (Å²) in [5.74, 6) is 3.03. The third-order valence-corrected chi connectivity index (χ3v) is 3.64. The molecule has 0 aliphatic rings. The van der Waals surface area contributed by atoms with Gasteiger partial charge >= 0.3 is 0 Å². The Morgan fingerprint density at radius 3 is 2.46 bits per heavy atom. The molecule has 0 fully saturated rings. The van der Waals surface area contributed by atoms with Gasteiger partial charge in [0.2, 0.25) is 0 Å². The van der Waals surface area contributed by atoms with Crippen molar-refractivity contribution in [2.45, 2.75) is 13.5 Å². The lowest BCUT2D eigenvalue weighted by atomic mass is 10.2. The Hall–Kier alpha value is -3.34. The molecule has 132 valence electrons. The number of benzene rings is 2. The second-order valence-electron chi connectivity index (χ2n) is 5.78. The molecular weight excluding hydrogens is 324 g/mol. The van der Waals surface area contributed by atoms with Crippen LogP contribution in [0.25, 0.3) is 0 Å². The van der Waals surface area contributed by atoms with Crippen LogP contribution in [0.3, 0.4) is 0 Å². The molecule has 2 aromatic carbocycles. The summed E-state index contributed by atoms with van der Waals surface area (Å²) >= 11 is 0. The molecule has 0 radical (unpaired) electrons. The number of hydrogen-bond acceptors (Lipinski definition) is 5. The predicted octanol–water partition coefficient (Wildman–Crippen LogP) is 4.71. The first-order valence-corrected chi connectivity index (χ1v) is 8.47. The molecule has 5 heteroatoms. The molecule has 5 nitrogen and oxygen atoms in total. The summed E-state index contributed by atoms with van der Waals surface area (Å²) in [5, 5.41) is 6.46. The van der Waals surface area contributed by atoms with E-state index in [1.165, 1.54) is 0 Å². The average Bonchev–Trinajstić information content (AvgIpc) is 2.66. The molecule has 0 amide bonds. The first-order chi connectivity index (χ1) is 12.7. The van der Waals surface area contributed by atoms with Gasteiger partial charge in [0, 0.05) is 18.3 Å². The fourth-order valence-electron chi connectivity index (χ4n) is 2.42. The Kier molecular flexibility index (Phi) is 5.83. The lowest BCUT2D eigenvalue weighted by molar-refractivity contribution is 0.306. The molecule has 2 N–H and O–H groups in total. The quantitative estimate of drug-likeness (QED) is 0.579. The van der Waals surface area contributed by atoms with E-state index in [9.17, 15) is 0 Å². The molecule has 0 bridgehead atoms. The number of nitrogens with zero attached hydrogens (tertiary/aromatic N) is 2. The zero-order valence-corrected chi connectivity index (χ0v) is 14.8. The van der Waals surface area contributed by atoms with Gasteiger partial charge in [-0.25, -0.2) is 9.97 Å². The van der Waals surface area contributed by atoms with Crippen LogP contribution in [0.5, 0.6) is 5.75 Å². The van der Waals surface area contributed by atoms with Crippen molar-refractivity contribution in [3.63, 3.8) is 0 Å². The fraction of sp³-hybridized carbons (Fsp3) is 0.143. The lowest BCUT2D eigenvalue weighted by Gasteiger charge is -2.10. The lowest BCUT2D eigenvalue weighted by Crippen LogP contribution is -2.04. The Labute approximate surface area is 153 Å². The maximum atomic E-state index is 5.81. The van der Waals surface area contributed by atoms with Crippen LogP contribution in [0, 0.1) is 6.92 Å². The smallest absolute Gasteiger partial charge is 0.136 e. The molecular formula is C21H22N4O. The van der Waals surface area contributed by atoms with Gasteiger partial charge in [-0.3, -0.25) is 0 Å². The van der Waals surface area contributed by atoms with Crippen molar-refractivity contribution in [2.24, 2.45) is 0 Å². The molecule has 0 aliphatic heterocycles. The monoisotopic (exact) mass is 346 g/mol. The van der Waals surface area contributed by atoms with Gasteiger partial charge in [0.05, 0.1) is 0 Å². The largest absolute Gasteiger partial charge is 0.489 e. The summed E-state index contributed by atoms with van der Waals surface area (Å²) in [6, 6.07) is 19.8. The number of hydrogen-bond donors (Lipinski definition) is 2. The van der Waals surface area contributed by atoms with Crippen LogP contribution in [0.15, 0.2) is 73.3 Å². The van der Waals surface area contributed by atoms with Crippen molar-refractivity contribution in [1.82, 2.24) is 9.97 Å². The second-order valence-corrected chi connectivity index (χ2v) is 5.78. The molecule has 0 spiro atoms. The SMILES string of the molecule is C=CCNc1cc(Nc2ccc(OCc3ccccc3)cc2)nc(C)n1. The van der Waals surface area contributed by atoms with E-state index in [-0.39, 0.29) is 0 Å². The Morgan fingerprint density at radius 1 is 1.00 bits per heavy atom. The standard InChI is InChI=1S/C21H22N4O/c1-3-13-22-20-14-21(24-16(2)23-20)25-18-9-11-19(12-10-18)26-15-17-7-5-4-6-8-17/h3-12,14H,1,13,15H2,2H3,(H2,22,23,24,25). The number of aromatic nitrogens is 2.